The van der Waals surface area contributed by atoms with Gasteiger partial charge in [0, 0.05) is 11.1 Å². The Hall–Kier alpha value is -3.50. The zero-order valence-electron chi connectivity index (χ0n) is 29.7. The van der Waals surface area contributed by atoms with Crippen LogP contribution in [0.3, 0.4) is 0 Å². The molecular formula is C39H53NO7Si. The third-order valence-electron chi connectivity index (χ3n) is 9.23. The van der Waals surface area contributed by atoms with E-state index in [1.807, 2.05) is 106 Å². The van der Waals surface area contributed by atoms with Crippen LogP contribution in [-0.2, 0) is 42.1 Å². The van der Waals surface area contributed by atoms with Crippen LogP contribution >= 0.6 is 0 Å². The maximum atomic E-state index is 13.2. The molecule has 1 aliphatic heterocycles. The molecule has 4 rings (SSSR count). The summed E-state index contributed by atoms with van der Waals surface area (Å²) in [6.45, 7) is 17.2. The maximum Gasteiger partial charge on any atom is 0.407 e. The molecule has 48 heavy (non-hydrogen) atoms. The minimum absolute atomic E-state index is 0.137. The van der Waals surface area contributed by atoms with Crippen molar-refractivity contribution < 1.29 is 33.3 Å². The highest BCUT2D eigenvalue weighted by atomic mass is 28.4. The van der Waals surface area contributed by atoms with Crippen LogP contribution in [0.25, 0.3) is 0 Å². The van der Waals surface area contributed by atoms with Crippen LogP contribution in [0, 0.1) is 5.92 Å². The Kier molecular flexibility index (Phi) is 11.9. The van der Waals surface area contributed by atoms with E-state index in [0.29, 0.717) is 19.6 Å². The fourth-order valence-electron chi connectivity index (χ4n) is 5.72. The standard InChI is InChI=1S/C39H53NO7Si/c1-37(2,3)46-36(43)40-33(26-28-15-11-9-12-16-28)34(47-48(7,8)38(4,5)6)27-30(35(41)42)25-29-19-21-32(22-20-29)39(44-23-24-45-39)31-17-13-10-14-18-31/h9-22,30,33-34H,23-27H2,1-8H3,(H,40,43)(H,41,42)/t30-,33+,34-/m1/s1. The first-order chi connectivity index (χ1) is 22.5. The first kappa shape index (κ1) is 37.3. The lowest BCUT2D eigenvalue weighted by atomic mass is 9.88. The Morgan fingerprint density at radius 2 is 1.33 bits per heavy atom. The van der Waals surface area contributed by atoms with Crippen LogP contribution in [0.2, 0.25) is 18.1 Å². The van der Waals surface area contributed by atoms with Gasteiger partial charge in [-0.2, -0.15) is 0 Å². The minimum atomic E-state index is -2.42. The van der Waals surface area contributed by atoms with Gasteiger partial charge in [-0.1, -0.05) is 106 Å². The van der Waals surface area contributed by atoms with Gasteiger partial charge >= 0.3 is 12.1 Å². The molecule has 0 unspecified atom stereocenters. The number of carboxylic acid groups (broad SMARTS) is 1. The van der Waals surface area contributed by atoms with E-state index in [2.05, 4.69) is 39.2 Å². The second-order valence-electron chi connectivity index (χ2n) is 15.2. The third-order valence-corrected chi connectivity index (χ3v) is 13.7. The average molecular weight is 676 g/mol. The van der Waals surface area contributed by atoms with Crippen LogP contribution in [0.15, 0.2) is 84.9 Å². The molecule has 0 radical (unpaired) electrons. The number of rotatable bonds is 13. The second-order valence-corrected chi connectivity index (χ2v) is 20.0. The van der Waals surface area contributed by atoms with Gasteiger partial charge < -0.3 is 29.1 Å². The molecular weight excluding hydrogens is 623 g/mol. The first-order valence-electron chi connectivity index (χ1n) is 16.9. The average Bonchev–Trinajstić information content (AvgIpc) is 3.51. The van der Waals surface area contributed by atoms with Crippen molar-refractivity contribution in [1.82, 2.24) is 5.32 Å². The lowest BCUT2D eigenvalue weighted by Crippen LogP contribution is -2.54. The molecule has 0 saturated carbocycles. The summed E-state index contributed by atoms with van der Waals surface area (Å²) in [7, 11) is -2.42. The van der Waals surface area contributed by atoms with Gasteiger partial charge in [-0.05, 0) is 69.3 Å². The summed E-state index contributed by atoms with van der Waals surface area (Å²) in [4.78, 5) is 26.1. The molecule has 0 bridgehead atoms. The number of carbonyl (C=O) groups is 2. The molecule has 260 valence electrons. The highest BCUT2D eigenvalue weighted by Gasteiger charge is 2.43. The smallest absolute Gasteiger partial charge is 0.407 e. The summed E-state index contributed by atoms with van der Waals surface area (Å²) in [6.07, 6.45) is -0.185. The number of carboxylic acids is 1. The fraction of sp³-hybridized carbons (Fsp3) is 0.487. The summed E-state index contributed by atoms with van der Waals surface area (Å²) < 4.78 is 25.0. The largest absolute Gasteiger partial charge is 0.481 e. The van der Waals surface area contributed by atoms with Crippen LogP contribution < -0.4 is 5.32 Å². The Balaban J connectivity index is 1.64. The maximum absolute atomic E-state index is 13.2. The van der Waals surface area contributed by atoms with E-state index in [-0.39, 0.29) is 17.9 Å². The van der Waals surface area contributed by atoms with Crippen LogP contribution in [-0.4, -0.2) is 56.4 Å². The lowest BCUT2D eigenvalue weighted by molar-refractivity contribution is -0.142. The zero-order valence-corrected chi connectivity index (χ0v) is 30.7. The van der Waals surface area contributed by atoms with Gasteiger partial charge in [0.05, 0.1) is 31.3 Å². The number of hydrogen-bond acceptors (Lipinski definition) is 6. The SMILES string of the molecule is CC(C)(C)OC(=O)N[C@@H](Cc1ccccc1)[C@@H](C[C@@H](Cc1ccc(C2(c3ccccc3)OCCO2)cc1)C(=O)O)O[Si](C)(C)C(C)(C)C. The molecule has 3 atom stereocenters. The van der Waals surface area contributed by atoms with E-state index >= 15 is 0 Å². The Bertz CT molecular complexity index is 1470. The van der Waals surface area contributed by atoms with Crippen molar-refractivity contribution in [2.45, 2.75) is 102 Å². The summed E-state index contributed by atoms with van der Waals surface area (Å²) >= 11 is 0. The van der Waals surface area contributed by atoms with E-state index in [1.54, 1.807) is 0 Å². The molecule has 1 heterocycles. The van der Waals surface area contributed by atoms with Crippen LogP contribution in [0.4, 0.5) is 4.79 Å². The predicted molar refractivity (Wildman–Crippen MR) is 190 cm³/mol. The first-order valence-corrected chi connectivity index (χ1v) is 19.8. The molecule has 1 saturated heterocycles. The van der Waals surface area contributed by atoms with Crippen molar-refractivity contribution >= 4 is 20.4 Å². The number of hydrogen-bond donors (Lipinski definition) is 2. The van der Waals surface area contributed by atoms with E-state index in [9.17, 15) is 14.7 Å². The van der Waals surface area contributed by atoms with Gasteiger partial charge in [0.2, 0.25) is 5.79 Å². The topological polar surface area (TPSA) is 103 Å². The van der Waals surface area contributed by atoms with Crippen molar-refractivity contribution in [3.63, 3.8) is 0 Å². The second kappa shape index (κ2) is 15.4. The molecule has 3 aromatic rings. The van der Waals surface area contributed by atoms with Crippen LogP contribution in [0.1, 0.15) is 70.2 Å². The highest BCUT2D eigenvalue weighted by Crippen LogP contribution is 2.40. The van der Waals surface area contributed by atoms with E-state index in [0.717, 1.165) is 22.3 Å². The van der Waals surface area contributed by atoms with Crippen molar-refractivity contribution in [2.75, 3.05) is 13.2 Å². The molecule has 1 fully saturated rings. The molecule has 0 aromatic heterocycles. The van der Waals surface area contributed by atoms with E-state index in [4.69, 9.17) is 18.6 Å². The monoisotopic (exact) mass is 675 g/mol. The summed E-state index contributed by atoms with van der Waals surface area (Å²) in [6, 6.07) is 27.0. The van der Waals surface area contributed by atoms with Crippen molar-refractivity contribution in [1.29, 1.82) is 0 Å². The third kappa shape index (κ3) is 9.78. The van der Waals surface area contributed by atoms with Gasteiger partial charge in [-0.3, -0.25) is 4.79 Å². The van der Waals surface area contributed by atoms with Gasteiger partial charge in [-0.25, -0.2) is 4.79 Å². The summed E-state index contributed by atoms with van der Waals surface area (Å²) in [5.41, 5.74) is 2.95. The Morgan fingerprint density at radius 3 is 1.85 bits per heavy atom. The number of ether oxygens (including phenoxy) is 3. The lowest BCUT2D eigenvalue weighted by Gasteiger charge is -2.42. The number of nitrogens with one attached hydrogen (secondary N) is 1. The van der Waals surface area contributed by atoms with Gasteiger partial charge in [-0.15, -0.1) is 0 Å². The van der Waals surface area contributed by atoms with Crippen LogP contribution in [0.5, 0.6) is 0 Å². The van der Waals surface area contributed by atoms with Gasteiger partial charge in [0.25, 0.3) is 0 Å². The number of aliphatic carboxylic acids is 1. The van der Waals surface area contributed by atoms with Crippen molar-refractivity contribution in [3.8, 4) is 0 Å². The molecule has 0 aliphatic carbocycles. The Labute approximate surface area is 287 Å². The minimum Gasteiger partial charge on any atom is -0.481 e. The quantitative estimate of drug-likeness (QED) is 0.177. The Morgan fingerprint density at radius 1 is 0.812 bits per heavy atom. The highest BCUT2D eigenvalue weighted by molar-refractivity contribution is 6.74. The molecule has 3 aromatic carbocycles. The van der Waals surface area contributed by atoms with E-state index in [1.165, 1.54) is 0 Å². The number of carbonyl (C=O) groups excluding carboxylic acids is 1. The van der Waals surface area contributed by atoms with Gasteiger partial charge in [0.1, 0.15) is 5.60 Å². The molecule has 2 N–H and O–H groups in total. The predicted octanol–water partition coefficient (Wildman–Crippen LogP) is 8.09. The number of amides is 1. The molecule has 0 spiro atoms. The number of benzene rings is 3. The van der Waals surface area contributed by atoms with Gasteiger partial charge in [0.15, 0.2) is 8.32 Å². The molecule has 9 heteroatoms. The van der Waals surface area contributed by atoms with Crippen molar-refractivity contribution in [2.24, 2.45) is 5.92 Å². The molecule has 1 amide bonds. The van der Waals surface area contributed by atoms with E-state index < -0.39 is 49.8 Å². The van der Waals surface area contributed by atoms with Crippen molar-refractivity contribution in [3.05, 3.63) is 107 Å². The zero-order chi connectivity index (χ0) is 35.2. The normalized spacial score (nSPS) is 16.9. The summed E-state index contributed by atoms with van der Waals surface area (Å²) in [5, 5.41) is 13.5. The fourth-order valence-corrected chi connectivity index (χ4v) is 7.09. The summed E-state index contributed by atoms with van der Waals surface area (Å²) in [5.74, 6) is -2.68. The molecule has 1 aliphatic rings. The number of alkyl carbamates (subject to hydrolysis) is 1. The molecule has 8 nitrogen and oxygen atoms in total.